The lowest BCUT2D eigenvalue weighted by Gasteiger charge is -2.17. The standard InChI is InChI=1S/C21H25NO3/c1-5-8-17-13-18(11-12-20(17)24-4)21(23)22-16(3)14-25-19-10-7-6-9-15(19)2/h5-7,9-13,16H,1,8,14H2,2-4H3,(H,22,23)/t16-/m1/s1. The number of nitrogens with one attached hydrogen (secondary N) is 1. The number of carbonyl (C=O) groups is 1. The fourth-order valence-electron chi connectivity index (χ4n) is 2.52. The molecule has 0 fully saturated rings. The van der Waals surface area contributed by atoms with Gasteiger partial charge in [0.15, 0.2) is 0 Å². The van der Waals surface area contributed by atoms with Crippen LogP contribution < -0.4 is 14.8 Å². The molecule has 0 aliphatic rings. The number of rotatable bonds is 8. The van der Waals surface area contributed by atoms with Gasteiger partial charge >= 0.3 is 0 Å². The van der Waals surface area contributed by atoms with Gasteiger partial charge < -0.3 is 14.8 Å². The Labute approximate surface area is 149 Å². The van der Waals surface area contributed by atoms with Gasteiger partial charge in [-0.2, -0.15) is 0 Å². The summed E-state index contributed by atoms with van der Waals surface area (Å²) in [6, 6.07) is 13.1. The molecule has 0 aromatic heterocycles. The van der Waals surface area contributed by atoms with E-state index in [0.29, 0.717) is 18.6 Å². The summed E-state index contributed by atoms with van der Waals surface area (Å²) in [7, 11) is 1.62. The zero-order chi connectivity index (χ0) is 18.2. The van der Waals surface area contributed by atoms with E-state index >= 15 is 0 Å². The third-order valence-corrected chi connectivity index (χ3v) is 3.87. The molecule has 25 heavy (non-hydrogen) atoms. The van der Waals surface area contributed by atoms with Crippen molar-refractivity contribution in [2.45, 2.75) is 26.3 Å². The van der Waals surface area contributed by atoms with Crippen LogP contribution in [0.2, 0.25) is 0 Å². The SMILES string of the molecule is C=CCc1cc(C(=O)N[C@H](C)COc2ccccc2C)ccc1OC. The second-order valence-corrected chi connectivity index (χ2v) is 5.97. The predicted molar refractivity (Wildman–Crippen MR) is 100 cm³/mol. The van der Waals surface area contributed by atoms with Crippen molar-refractivity contribution < 1.29 is 14.3 Å². The number of aryl methyl sites for hydroxylation is 1. The Hall–Kier alpha value is -2.75. The molecule has 0 unspecified atom stereocenters. The van der Waals surface area contributed by atoms with Gasteiger partial charge in [-0.25, -0.2) is 0 Å². The normalized spacial score (nSPS) is 11.5. The summed E-state index contributed by atoms with van der Waals surface area (Å²) in [4.78, 5) is 12.5. The van der Waals surface area contributed by atoms with Crippen LogP contribution in [-0.2, 0) is 6.42 Å². The van der Waals surface area contributed by atoms with Crippen molar-refractivity contribution >= 4 is 5.91 Å². The van der Waals surface area contributed by atoms with Crippen LogP contribution in [0.25, 0.3) is 0 Å². The topological polar surface area (TPSA) is 47.6 Å². The van der Waals surface area contributed by atoms with E-state index < -0.39 is 0 Å². The number of amides is 1. The van der Waals surface area contributed by atoms with Crippen molar-refractivity contribution in [1.29, 1.82) is 0 Å². The molecule has 1 atom stereocenters. The molecule has 0 bridgehead atoms. The van der Waals surface area contributed by atoms with Gasteiger partial charge in [-0.05, 0) is 55.7 Å². The Morgan fingerprint density at radius 3 is 2.68 bits per heavy atom. The molecule has 4 nitrogen and oxygen atoms in total. The average Bonchev–Trinajstić information content (AvgIpc) is 2.61. The number of methoxy groups -OCH3 is 1. The second kappa shape index (κ2) is 8.92. The minimum Gasteiger partial charge on any atom is -0.496 e. The third-order valence-electron chi connectivity index (χ3n) is 3.87. The van der Waals surface area contributed by atoms with Gasteiger partial charge in [0, 0.05) is 5.56 Å². The first-order valence-corrected chi connectivity index (χ1v) is 8.32. The van der Waals surface area contributed by atoms with E-state index in [9.17, 15) is 4.79 Å². The van der Waals surface area contributed by atoms with Crippen LogP contribution in [0.5, 0.6) is 11.5 Å². The molecule has 0 saturated heterocycles. The first-order valence-electron chi connectivity index (χ1n) is 8.32. The van der Waals surface area contributed by atoms with Crippen molar-refractivity contribution in [2.75, 3.05) is 13.7 Å². The quantitative estimate of drug-likeness (QED) is 0.741. The molecule has 1 N–H and O–H groups in total. The molecule has 4 heteroatoms. The summed E-state index contributed by atoms with van der Waals surface area (Å²) in [5.41, 5.74) is 2.61. The molecular formula is C21H25NO3. The molecule has 132 valence electrons. The van der Waals surface area contributed by atoms with E-state index in [0.717, 1.165) is 22.6 Å². The predicted octanol–water partition coefficient (Wildman–Crippen LogP) is 3.93. The highest BCUT2D eigenvalue weighted by Gasteiger charge is 2.13. The molecule has 1 amide bonds. The zero-order valence-electron chi connectivity index (χ0n) is 15.0. The van der Waals surface area contributed by atoms with Crippen molar-refractivity contribution in [1.82, 2.24) is 5.32 Å². The number of hydrogen-bond donors (Lipinski definition) is 1. The Bertz CT molecular complexity index is 740. The van der Waals surface area contributed by atoms with E-state index in [2.05, 4.69) is 11.9 Å². The molecule has 0 heterocycles. The van der Waals surface area contributed by atoms with Gasteiger partial charge in [-0.1, -0.05) is 24.3 Å². The Kier molecular flexibility index (Phi) is 6.63. The van der Waals surface area contributed by atoms with Crippen molar-refractivity contribution in [3.63, 3.8) is 0 Å². The maximum atomic E-state index is 12.5. The highest BCUT2D eigenvalue weighted by Crippen LogP contribution is 2.21. The zero-order valence-corrected chi connectivity index (χ0v) is 15.0. The molecule has 0 radical (unpaired) electrons. The van der Waals surface area contributed by atoms with Gasteiger partial charge in [0.1, 0.15) is 18.1 Å². The van der Waals surface area contributed by atoms with Gasteiger partial charge in [0.05, 0.1) is 13.2 Å². The summed E-state index contributed by atoms with van der Waals surface area (Å²) in [5.74, 6) is 1.46. The monoisotopic (exact) mass is 339 g/mol. The summed E-state index contributed by atoms with van der Waals surface area (Å²) in [5, 5.41) is 2.96. The highest BCUT2D eigenvalue weighted by molar-refractivity contribution is 5.94. The van der Waals surface area contributed by atoms with Crippen LogP contribution in [-0.4, -0.2) is 25.7 Å². The van der Waals surface area contributed by atoms with Crippen LogP contribution in [0, 0.1) is 6.92 Å². The summed E-state index contributed by atoms with van der Waals surface area (Å²) in [6.45, 7) is 8.07. The molecular weight excluding hydrogens is 314 g/mol. The van der Waals surface area contributed by atoms with Gasteiger partial charge in [0.2, 0.25) is 0 Å². The minimum atomic E-state index is -0.131. The lowest BCUT2D eigenvalue weighted by molar-refractivity contribution is 0.0926. The summed E-state index contributed by atoms with van der Waals surface area (Å²) in [6.07, 6.45) is 2.44. The molecule has 0 spiro atoms. The lowest BCUT2D eigenvalue weighted by atomic mass is 10.1. The van der Waals surface area contributed by atoms with Crippen molar-refractivity contribution in [2.24, 2.45) is 0 Å². The molecule has 0 aliphatic heterocycles. The maximum Gasteiger partial charge on any atom is 0.251 e. The number of ether oxygens (including phenoxy) is 2. The van der Waals surface area contributed by atoms with Crippen molar-refractivity contribution in [3.05, 3.63) is 71.8 Å². The van der Waals surface area contributed by atoms with E-state index in [1.165, 1.54) is 0 Å². The fourth-order valence-corrected chi connectivity index (χ4v) is 2.52. The van der Waals surface area contributed by atoms with E-state index in [1.807, 2.05) is 50.2 Å². The van der Waals surface area contributed by atoms with Crippen LogP contribution in [0.3, 0.4) is 0 Å². The summed E-state index contributed by atoms with van der Waals surface area (Å²) >= 11 is 0. The average molecular weight is 339 g/mol. The lowest BCUT2D eigenvalue weighted by Crippen LogP contribution is -2.36. The number of carbonyl (C=O) groups excluding carboxylic acids is 1. The molecule has 0 saturated carbocycles. The molecule has 2 aromatic carbocycles. The minimum absolute atomic E-state index is 0.114. The van der Waals surface area contributed by atoms with Crippen LogP contribution >= 0.6 is 0 Å². The third kappa shape index (κ3) is 5.11. The number of para-hydroxylation sites is 1. The number of benzene rings is 2. The van der Waals surface area contributed by atoms with Gasteiger partial charge in [0.25, 0.3) is 5.91 Å². The van der Waals surface area contributed by atoms with Gasteiger partial charge in [-0.15, -0.1) is 6.58 Å². The smallest absolute Gasteiger partial charge is 0.251 e. The Balaban J connectivity index is 1.97. The largest absolute Gasteiger partial charge is 0.496 e. The molecule has 0 aliphatic carbocycles. The number of hydrogen-bond acceptors (Lipinski definition) is 3. The van der Waals surface area contributed by atoms with Crippen LogP contribution in [0.15, 0.2) is 55.1 Å². The second-order valence-electron chi connectivity index (χ2n) is 5.97. The molecule has 2 rings (SSSR count). The van der Waals surface area contributed by atoms with E-state index in [1.54, 1.807) is 19.3 Å². The first kappa shape index (κ1) is 18.6. The van der Waals surface area contributed by atoms with Crippen molar-refractivity contribution in [3.8, 4) is 11.5 Å². The first-order chi connectivity index (χ1) is 12.0. The molecule has 2 aromatic rings. The number of allylic oxidation sites excluding steroid dienone is 1. The van der Waals surface area contributed by atoms with E-state index in [4.69, 9.17) is 9.47 Å². The Morgan fingerprint density at radius 1 is 1.24 bits per heavy atom. The Morgan fingerprint density at radius 2 is 2.00 bits per heavy atom. The highest BCUT2D eigenvalue weighted by atomic mass is 16.5. The maximum absolute atomic E-state index is 12.5. The van der Waals surface area contributed by atoms with Gasteiger partial charge in [-0.3, -0.25) is 4.79 Å². The van der Waals surface area contributed by atoms with Crippen LogP contribution in [0.1, 0.15) is 28.4 Å². The fraction of sp³-hybridized carbons (Fsp3) is 0.286. The summed E-state index contributed by atoms with van der Waals surface area (Å²) < 4.78 is 11.1. The van der Waals surface area contributed by atoms with E-state index in [-0.39, 0.29) is 11.9 Å². The van der Waals surface area contributed by atoms with Crippen LogP contribution in [0.4, 0.5) is 0 Å².